The fraction of sp³-hybridized carbons (Fsp3) is 0.526. The summed E-state index contributed by atoms with van der Waals surface area (Å²) in [6, 6.07) is 9.21. The van der Waals surface area contributed by atoms with E-state index in [0.717, 1.165) is 25.9 Å². The Morgan fingerprint density at radius 2 is 1.96 bits per heavy atom. The SMILES string of the molecule is C/C=C\C(O)(C(=O)O[C@H]1C2CCN(CC2)[C@@H]1C)c1ccccc1. The van der Waals surface area contributed by atoms with Crippen LogP contribution in [-0.4, -0.2) is 41.2 Å². The fourth-order valence-electron chi connectivity index (χ4n) is 3.88. The van der Waals surface area contributed by atoms with Gasteiger partial charge in [0.1, 0.15) is 6.10 Å². The quantitative estimate of drug-likeness (QED) is 0.685. The van der Waals surface area contributed by atoms with E-state index in [-0.39, 0.29) is 12.1 Å². The molecule has 2 bridgehead atoms. The Morgan fingerprint density at radius 3 is 2.52 bits per heavy atom. The van der Waals surface area contributed by atoms with Gasteiger partial charge in [0, 0.05) is 6.04 Å². The number of aliphatic hydroxyl groups is 1. The van der Waals surface area contributed by atoms with Crippen LogP contribution in [-0.2, 0) is 15.1 Å². The Kier molecular flexibility index (Phi) is 4.55. The van der Waals surface area contributed by atoms with Crippen molar-refractivity contribution in [2.75, 3.05) is 13.1 Å². The zero-order valence-corrected chi connectivity index (χ0v) is 13.8. The van der Waals surface area contributed by atoms with Crippen LogP contribution in [0.1, 0.15) is 32.3 Å². The molecule has 3 aliphatic heterocycles. The lowest BCUT2D eigenvalue weighted by atomic mass is 9.81. The first kappa shape index (κ1) is 16.2. The van der Waals surface area contributed by atoms with E-state index in [1.54, 1.807) is 25.1 Å². The number of ether oxygens (including phenoxy) is 1. The highest BCUT2D eigenvalue weighted by molar-refractivity contribution is 5.83. The summed E-state index contributed by atoms with van der Waals surface area (Å²) in [5, 5.41) is 11.0. The first-order chi connectivity index (χ1) is 11.1. The molecule has 3 atom stereocenters. The number of rotatable bonds is 4. The Morgan fingerprint density at radius 1 is 1.30 bits per heavy atom. The Hall–Kier alpha value is -1.65. The summed E-state index contributed by atoms with van der Waals surface area (Å²) in [4.78, 5) is 15.2. The van der Waals surface area contributed by atoms with Crippen LogP contribution in [0.25, 0.3) is 0 Å². The highest BCUT2D eigenvalue weighted by atomic mass is 16.6. The summed E-state index contributed by atoms with van der Waals surface area (Å²) in [7, 11) is 0. The maximum absolute atomic E-state index is 12.8. The summed E-state index contributed by atoms with van der Waals surface area (Å²) in [6.07, 6.45) is 5.20. The normalized spacial score (nSPS) is 32.7. The number of hydrogen-bond acceptors (Lipinski definition) is 4. The van der Waals surface area contributed by atoms with E-state index < -0.39 is 11.6 Å². The van der Waals surface area contributed by atoms with Crippen molar-refractivity contribution in [1.82, 2.24) is 4.90 Å². The maximum atomic E-state index is 12.8. The summed E-state index contributed by atoms with van der Waals surface area (Å²) < 4.78 is 5.83. The van der Waals surface area contributed by atoms with Crippen LogP contribution in [0.5, 0.6) is 0 Å². The monoisotopic (exact) mass is 315 g/mol. The average molecular weight is 315 g/mol. The molecule has 3 fully saturated rings. The molecule has 0 radical (unpaired) electrons. The van der Waals surface area contributed by atoms with Crippen molar-refractivity contribution in [2.45, 2.75) is 44.4 Å². The molecule has 0 aliphatic carbocycles. The van der Waals surface area contributed by atoms with Gasteiger partial charge in [0.25, 0.3) is 0 Å². The first-order valence-corrected chi connectivity index (χ1v) is 8.43. The van der Waals surface area contributed by atoms with Gasteiger partial charge in [-0.25, -0.2) is 4.79 Å². The van der Waals surface area contributed by atoms with Gasteiger partial charge in [-0.2, -0.15) is 0 Å². The molecule has 0 amide bonds. The Labute approximate surface area is 137 Å². The van der Waals surface area contributed by atoms with Gasteiger partial charge >= 0.3 is 5.97 Å². The average Bonchev–Trinajstić information content (AvgIpc) is 2.59. The summed E-state index contributed by atoms with van der Waals surface area (Å²) in [6.45, 7) is 6.06. The third-order valence-corrected chi connectivity index (χ3v) is 5.27. The van der Waals surface area contributed by atoms with Crippen molar-refractivity contribution in [2.24, 2.45) is 5.92 Å². The van der Waals surface area contributed by atoms with Gasteiger partial charge in [0.2, 0.25) is 5.60 Å². The molecular weight excluding hydrogens is 290 g/mol. The number of allylic oxidation sites excluding steroid dienone is 1. The smallest absolute Gasteiger partial charge is 0.347 e. The van der Waals surface area contributed by atoms with Crippen molar-refractivity contribution in [3.8, 4) is 0 Å². The molecule has 4 rings (SSSR count). The number of piperidine rings is 3. The fourth-order valence-corrected chi connectivity index (χ4v) is 3.88. The lowest BCUT2D eigenvalue weighted by Crippen LogP contribution is -2.58. The molecule has 23 heavy (non-hydrogen) atoms. The zero-order chi connectivity index (χ0) is 16.4. The lowest BCUT2D eigenvalue weighted by Gasteiger charge is -2.49. The van der Waals surface area contributed by atoms with Crippen molar-refractivity contribution < 1.29 is 14.6 Å². The van der Waals surface area contributed by atoms with Crippen molar-refractivity contribution in [1.29, 1.82) is 0 Å². The second-order valence-electron chi connectivity index (χ2n) is 6.62. The minimum Gasteiger partial charge on any atom is -0.458 e. The molecule has 4 nitrogen and oxygen atoms in total. The van der Waals surface area contributed by atoms with Gasteiger partial charge in [0.15, 0.2) is 0 Å². The van der Waals surface area contributed by atoms with Crippen molar-refractivity contribution in [3.05, 3.63) is 48.0 Å². The van der Waals surface area contributed by atoms with Crippen LogP contribution < -0.4 is 0 Å². The number of nitrogens with zero attached hydrogens (tertiary/aromatic N) is 1. The molecule has 124 valence electrons. The van der Waals surface area contributed by atoms with Crippen molar-refractivity contribution in [3.63, 3.8) is 0 Å². The zero-order valence-electron chi connectivity index (χ0n) is 13.8. The highest BCUT2D eigenvalue weighted by Gasteiger charge is 2.45. The predicted octanol–water partition coefficient (Wildman–Crippen LogP) is 2.48. The van der Waals surface area contributed by atoms with E-state index in [0.29, 0.717) is 11.5 Å². The standard InChI is InChI=1S/C19H25NO3/c1-3-11-19(22,16-7-5-4-6-8-16)18(21)23-17-14(2)20-12-9-15(17)10-13-20/h3-8,11,14-15,17,22H,9-10,12-13H2,1-2H3/b11-3-/t14-,17-,19?/m1/s1. The van der Waals surface area contributed by atoms with E-state index in [4.69, 9.17) is 4.74 Å². The van der Waals surface area contributed by atoms with E-state index in [9.17, 15) is 9.90 Å². The van der Waals surface area contributed by atoms with E-state index in [1.807, 2.05) is 18.2 Å². The second kappa shape index (κ2) is 6.46. The maximum Gasteiger partial charge on any atom is 0.347 e. The number of hydrogen-bond donors (Lipinski definition) is 1. The lowest BCUT2D eigenvalue weighted by molar-refractivity contribution is -0.182. The third kappa shape index (κ3) is 2.93. The third-order valence-electron chi connectivity index (χ3n) is 5.27. The Bertz CT molecular complexity index is 576. The minimum atomic E-state index is -1.72. The molecule has 4 heteroatoms. The molecule has 1 aromatic carbocycles. The van der Waals surface area contributed by atoms with E-state index >= 15 is 0 Å². The van der Waals surface area contributed by atoms with Gasteiger partial charge < -0.3 is 9.84 Å². The number of esters is 1. The minimum absolute atomic E-state index is 0.134. The molecule has 3 saturated heterocycles. The first-order valence-electron chi connectivity index (χ1n) is 8.43. The van der Waals surface area contributed by atoms with Gasteiger partial charge in [-0.3, -0.25) is 4.90 Å². The molecule has 1 unspecified atom stereocenters. The molecule has 3 aliphatic rings. The topological polar surface area (TPSA) is 49.8 Å². The predicted molar refractivity (Wildman–Crippen MR) is 88.8 cm³/mol. The van der Waals surface area contributed by atoms with Crippen LogP contribution in [0.3, 0.4) is 0 Å². The highest BCUT2D eigenvalue weighted by Crippen LogP contribution is 2.36. The van der Waals surface area contributed by atoms with Gasteiger partial charge in [-0.15, -0.1) is 0 Å². The van der Waals surface area contributed by atoms with Crippen molar-refractivity contribution >= 4 is 5.97 Å². The molecule has 1 aromatic rings. The van der Waals surface area contributed by atoms with Crippen LogP contribution >= 0.6 is 0 Å². The number of carbonyl (C=O) groups is 1. The van der Waals surface area contributed by atoms with Crippen LogP contribution in [0.4, 0.5) is 0 Å². The number of benzene rings is 1. The van der Waals surface area contributed by atoms with Gasteiger partial charge in [-0.1, -0.05) is 36.4 Å². The van der Waals surface area contributed by atoms with Crippen LogP contribution in [0, 0.1) is 5.92 Å². The molecular formula is C19H25NO3. The van der Waals surface area contributed by atoms with Crippen LogP contribution in [0.15, 0.2) is 42.5 Å². The largest absolute Gasteiger partial charge is 0.458 e. The van der Waals surface area contributed by atoms with Gasteiger partial charge in [-0.05, 0) is 57.3 Å². The Balaban J connectivity index is 1.82. The summed E-state index contributed by atoms with van der Waals surface area (Å²) in [5.74, 6) is -0.169. The summed E-state index contributed by atoms with van der Waals surface area (Å²) in [5.41, 5.74) is -1.18. The number of carbonyl (C=O) groups excluding carboxylic acids is 1. The van der Waals surface area contributed by atoms with Crippen LogP contribution in [0.2, 0.25) is 0 Å². The van der Waals surface area contributed by atoms with E-state index in [1.165, 1.54) is 6.08 Å². The number of fused-ring (bicyclic) bond motifs is 3. The second-order valence-corrected chi connectivity index (χ2v) is 6.62. The summed E-state index contributed by atoms with van der Waals surface area (Å²) >= 11 is 0. The molecule has 0 saturated carbocycles. The van der Waals surface area contributed by atoms with Gasteiger partial charge in [0.05, 0.1) is 0 Å². The molecule has 3 heterocycles. The molecule has 1 N–H and O–H groups in total. The molecule has 0 aromatic heterocycles. The van der Waals surface area contributed by atoms with E-state index in [2.05, 4.69) is 11.8 Å². The molecule has 0 spiro atoms.